The number of fused-ring (bicyclic) bond motifs is 1. The monoisotopic (exact) mass is 420 g/mol. The fraction of sp³-hybridized carbons (Fsp3) is 0.211. The van der Waals surface area contributed by atoms with Crippen LogP contribution in [-0.4, -0.2) is 31.4 Å². The number of benzene rings is 2. The summed E-state index contributed by atoms with van der Waals surface area (Å²) in [5.74, 6) is 0.771. The number of methoxy groups -OCH3 is 1. The van der Waals surface area contributed by atoms with Gasteiger partial charge in [0, 0.05) is 28.4 Å². The number of sulfonamides is 1. The van der Waals surface area contributed by atoms with Gasteiger partial charge in [-0.3, -0.25) is 0 Å². The predicted molar refractivity (Wildman–Crippen MR) is 107 cm³/mol. The molecule has 5 nitrogen and oxygen atoms in total. The van der Waals surface area contributed by atoms with E-state index in [2.05, 4.69) is 0 Å². The quantitative estimate of drug-likeness (QED) is 0.634. The summed E-state index contributed by atoms with van der Waals surface area (Å²) in [4.78, 5) is 5.96. The molecule has 0 fully saturated rings. The summed E-state index contributed by atoms with van der Waals surface area (Å²) in [6.45, 7) is 0.751. The SMILES string of the molecule is COc1cccc(-c2nc3c(s2)CN(S(=O)(=O)c2ccc(Cl)cc2)CC3)c1. The number of thiazole rings is 1. The van der Waals surface area contributed by atoms with E-state index in [-0.39, 0.29) is 4.90 Å². The summed E-state index contributed by atoms with van der Waals surface area (Å²) in [5, 5.41) is 1.39. The van der Waals surface area contributed by atoms with E-state index in [1.54, 1.807) is 31.4 Å². The van der Waals surface area contributed by atoms with Crippen molar-refractivity contribution in [3.8, 4) is 16.3 Å². The Hall–Kier alpha value is -1.93. The number of nitrogens with zero attached hydrogens (tertiary/aromatic N) is 2. The molecule has 2 aromatic carbocycles. The van der Waals surface area contributed by atoms with Gasteiger partial charge < -0.3 is 4.74 Å². The molecule has 0 aliphatic carbocycles. The average molecular weight is 421 g/mol. The van der Waals surface area contributed by atoms with E-state index in [4.69, 9.17) is 21.3 Å². The molecule has 0 unspecified atom stereocenters. The summed E-state index contributed by atoms with van der Waals surface area (Å²) in [6, 6.07) is 14.0. The van der Waals surface area contributed by atoms with Crippen molar-refractivity contribution in [3.63, 3.8) is 0 Å². The van der Waals surface area contributed by atoms with Crippen molar-refractivity contribution in [2.24, 2.45) is 0 Å². The van der Waals surface area contributed by atoms with Crippen molar-refractivity contribution in [2.45, 2.75) is 17.9 Å². The molecule has 4 rings (SSSR count). The van der Waals surface area contributed by atoms with Crippen LogP contribution in [0.1, 0.15) is 10.6 Å². The van der Waals surface area contributed by atoms with Crippen LogP contribution >= 0.6 is 22.9 Å². The van der Waals surface area contributed by atoms with Crippen molar-refractivity contribution in [1.29, 1.82) is 0 Å². The lowest BCUT2D eigenvalue weighted by Crippen LogP contribution is -2.35. The van der Waals surface area contributed by atoms with Gasteiger partial charge in [-0.25, -0.2) is 13.4 Å². The van der Waals surface area contributed by atoms with Gasteiger partial charge in [0.2, 0.25) is 10.0 Å². The molecule has 0 radical (unpaired) electrons. The summed E-state index contributed by atoms with van der Waals surface area (Å²) in [6.07, 6.45) is 0.600. The molecular formula is C19H17ClN2O3S2. The Morgan fingerprint density at radius 1 is 1.19 bits per heavy atom. The van der Waals surface area contributed by atoms with Crippen LogP contribution in [0.2, 0.25) is 5.02 Å². The molecule has 27 heavy (non-hydrogen) atoms. The Kier molecular flexibility index (Phi) is 4.94. The molecule has 3 aromatic rings. The second-order valence-electron chi connectivity index (χ2n) is 6.16. The third kappa shape index (κ3) is 3.60. The standard InChI is InChI=1S/C19H17ClN2O3S2/c1-25-15-4-2-3-13(11-15)19-21-17-9-10-22(12-18(17)26-19)27(23,24)16-7-5-14(20)6-8-16/h2-8,11H,9-10,12H2,1H3. The van der Waals surface area contributed by atoms with Crippen molar-refractivity contribution >= 4 is 33.0 Å². The first-order valence-electron chi connectivity index (χ1n) is 8.36. The number of rotatable bonds is 4. The van der Waals surface area contributed by atoms with Gasteiger partial charge in [0.1, 0.15) is 10.8 Å². The minimum Gasteiger partial charge on any atom is -0.497 e. The number of hydrogen-bond donors (Lipinski definition) is 0. The normalized spacial score (nSPS) is 14.7. The van der Waals surface area contributed by atoms with Gasteiger partial charge in [-0.05, 0) is 36.4 Å². The minimum absolute atomic E-state index is 0.257. The molecule has 0 N–H and O–H groups in total. The highest BCUT2D eigenvalue weighted by Gasteiger charge is 2.30. The van der Waals surface area contributed by atoms with E-state index < -0.39 is 10.0 Å². The van der Waals surface area contributed by atoms with Gasteiger partial charge in [-0.15, -0.1) is 11.3 Å². The van der Waals surface area contributed by atoms with Crippen LogP contribution in [0.4, 0.5) is 0 Å². The van der Waals surface area contributed by atoms with Crippen molar-refractivity contribution < 1.29 is 13.2 Å². The maximum atomic E-state index is 12.9. The second-order valence-corrected chi connectivity index (χ2v) is 9.62. The van der Waals surface area contributed by atoms with Crippen molar-refractivity contribution in [2.75, 3.05) is 13.7 Å². The number of ether oxygens (including phenoxy) is 1. The summed E-state index contributed by atoms with van der Waals surface area (Å²) < 4.78 is 32.6. The van der Waals surface area contributed by atoms with Crippen LogP contribution < -0.4 is 4.74 Å². The van der Waals surface area contributed by atoms with Gasteiger partial charge in [0.05, 0.1) is 24.2 Å². The van der Waals surface area contributed by atoms with E-state index in [9.17, 15) is 8.42 Å². The van der Waals surface area contributed by atoms with Gasteiger partial charge in [-0.2, -0.15) is 4.31 Å². The fourth-order valence-electron chi connectivity index (χ4n) is 3.01. The third-order valence-corrected chi connectivity index (χ3v) is 7.71. The van der Waals surface area contributed by atoms with Crippen LogP contribution in [0.3, 0.4) is 0 Å². The molecule has 0 saturated carbocycles. The molecule has 2 heterocycles. The molecule has 1 aliphatic heterocycles. The lowest BCUT2D eigenvalue weighted by Gasteiger charge is -2.25. The molecule has 0 bridgehead atoms. The third-order valence-electron chi connectivity index (χ3n) is 4.46. The lowest BCUT2D eigenvalue weighted by atomic mass is 10.2. The first-order chi connectivity index (χ1) is 13.0. The van der Waals surface area contributed by atoms with Crippen molar-refractivity contribution in [3.05, 3.63) is 64.1 Å². The lowest BCUT2D eigenvalue weighted by molar-refractivity contribution is 0.393. The Bertz CT molecular complexity index is 1080. The topological polar surface area (TPSA) is 59.5 Å². The minimum atomic E-state index is -3.55. The smallest absolute Gasteiger partial charge is 0.243 e. The van der Waals surface area contributed by atoms with E-state index in [0.29, 0.717) is 24.5 Å². The molecule has 1 aliphatic rings. The average Bonchev–Trinajstić information content (AvgIpc) is 3.12. The van der Waals surface area contributed by atoms with E-state index in [0.717, 1.165) is 26.9 Å². The van der Waals surface area contributed by atoms with Gasteiger partial charge >= 0.3 is 0 Å². The Labute approximate surface area is 167 Å². The van der Waals surface area contributed by atoms with Crippen LogP contribution in [0, 0.1) is 0 Å². The first-order valence-corrected chi connectivity index (χ1v) is 11.0. The van der Waals surface area contributed by atoms with Gasteiger partial charge in [0.25, 0.3) is 0 Å². The number of halogens is 1. The van der Waals surface area contributed by atoms with Gasteiger partial charge in [0.15, 0.2) is 0 Å². The molecule has 140 valence electrons. The van der Waals surface area contributed by atoms with E-state index in [1.165, 1.54) is 15.6 Å². The summed E-state index contributed by atoms with van der Waals surface area (Å²) in [5.41, 5.74) is 1.95. The van der Waals surface area contributed by atoms with E-state index in [1.807, 2.05) is 24.3 Å². The van der Waals surface area contributed by atoms with Crippen LogP contribution in [0.25, 0.3) is 10.6 Å². The summed E-state index contributed by atoms with van der Waals surface area (Å²) in [7, 11) is -1.92. The van der Waals surface area contributed by atoms with Crippen LogP contribution in [0.5, 0.6) is 5.75 Å². The van der Waals surface area contributed by atoms with Crippen LogP contribution in [-0.2, 0) is 23.0 Å². The zero-order valence-electron chi connectivity index (χ0n) is 14.6. The molecule has 0 amide bonds. The zero-order valence-corrected chi connectivity index (χ0v) is 16.9. The Morgan fingerprint density at radius 3 is 2.70 bits per heavy atom. The second kappa shape index (κ2) is 7.24. The van der Waals surface area contributed by atoms with Crippen molar-refractivity contribution in [1.82, 2.24) is 9.29 Å². The molecule has 8 heteroatoms. The molecular weight excluding hydrogens is 404 g/mol. The Morgan fingerprint density at radius 2 is 1.96 bits per heavy atom. The predicted octanol–water partition coefficient (Wildman–Crippen LogP) is 4.22. The molecule has 0 atom stereocenters. The highest BCUT2D eigenvalue weighted by atomic mass is 35.5. The molecule has 0 saturated heterocycles. The Balaban J connectivity index is 1.62. The van der Waals surface area contributed by atoms with Gasteiger partial charge in [-0.1, -0.05) is 23.7 Å². The van der Waals surface area contributed by atoms with Crippen LogP contribution in [0.15, 0.2) is 53.4 Å². The summed E-state index contributed by atoms with van der Waals surface area (Å²) >= 11 is 7.40. The maximum absolute atomic E-state index is 12.9. The maximum Gasteiger partial charge on any atom is 0.243 e. The first kappa shape index (κ1) is 18.4. The fourth-order valence-corrected chi connectivity index (χ4v) is 5.75. The number of aromatic nitrogens is 1. The zero-order chi connectivity index (χ0) is 19.0. The molecule has 1 aromatic heterocycles. The highest BCUT2D eigenvalue weighted by Crippen LogP contribution is 2.34. The largest absolute Gasteiger partial charge is 0.497 e. The highest BCUT2D eigenvalue weighted by molar-refractivity contribution is 7.89. The number of hydrogen-bond acceptors (Lipinski definition) is 5. The molecule has 0 spiro atoms. The van der Waals surface area contributed by atoms with E-state index >= 15 is 0 Å².